The van der Waals surface area contributed by atoms with Crippen LogP contribution < -0.4 is 10.6 Å². The quantitative estimate of drug-likeness (QED) is 0.774. The Morgan fingerprint density at radius 2 is 1.94 bits per heavy atom. The maximum absolute atomic E-state index is 11.9. The molecule has 1 aliphatic carbocycles. The number of hydrogen-bond donors (Lipinski definition) is 2. The third-order valence-corrected chi connectivity index (χ3v) is 4.59. The fourth-order valence-corrected chi connectivity index (χ4v) is 3.29. The van der Waals surface area contributed by atoms with E-state index in [1.54, 1.807) is 0 Å². The first-order chi connectivity index (χ1) is 8.81. The van der Waals surface area contributed by atoms with E-state index >= 15 is 0 Å². The zero-order valence-corrected chi connectivity index (χ0v) is 11.2. The van der Waals surface area contributed by atoms with Crippen LogP contribution in [0, 0.1) is 5.92 Å². The van der Waals surface area contributed by atoms with Crippen LogP contribution in [0.1, 0.15) is 38.5 Å². The van der Waals surface area contributed by atoms with E-state index < -0.39 is 0 Å². The Kier molecular flexibility index (Phi) is 3.85. The van der Waals surface area contributed by atoms with Gasteiger partial charge in [-0.2, -0.15) is 0 Å². The molecule has 4 nitrogen and oxygen atoms in total. The molecule has 3 rings (SSSR count). The second-order valence-corrected chi connectivity index (χ2v) is 6.17. The number of hydrogen-bond acceptors (Lipinski definition) is 3. The maximum atomic E-state index is 11.9. The van der Waals surface area contributed by atoms with Crippen LogP contribution >= 0.6 is 0 Å². The molecule has 3 fully saturated rings. The van der Waals surface area contributed by atoms with Gasteiger partial charge in [0, 0.05) is 31.6 Å². The Labute approximate surface area is 109 Å². The van der Waals surface area contributed by atoms with E-state index in [0.717, 1.165) is 44.8 Å². The van der Waals surface area contributed by atoms with Crippen LogP contribution in [0.5, 0.6) is 0 Å². The second kappa shape index (κ2) is 5.57. The molecule has 3 aliphatic rings. The van der Waals surface area contributed by atoms with Crippen LogP contribution in [0.3, 0.4) is 0 Å². The number of likely N-dealkylation sites (tertiary alicyclic amines) is 1. The van der Waals surface area contributed by atoms with E-state index in [-0.39, 0.29) is 5.91 Å². The lowest BCUT2D eigenvalue weighted by Gasteiger charge is -2.32. The molecule has 0 radical (unpaired) electrons. The molecular formula is C14H25N3O. The smallest absolute Gasteiger partial charge is 0.220 e. The van der Waals surface area contributed by atoms with Crippen molar-refractivity contribution in [1.29, 1.82) is 0 Å². The fraction of sp³-hybridized carbons (Fsp3) is 0.929. The van der Waals surface area contributed by atoms with Crippen molar-refractivity contribution in [2.24, 2.45) is 5.92 Å². The van der Waals surface area contributed by atoms with Crippen LogP contribution in [0.2, 0.25) is 0 Å². The molecule has 0 aromatic carbocycles. The van der Waals surface area contributed by atoms with Gasteiger partial charge in [0.15, 0.2) is 0 Å². The van der Waals surface area contributed by atoms with E-state index in [2.05, 4.69) is 15.5 Å². The number of nitrogens with one attached hydrogen (secondary N) is 2. The van der Waals surface area contributed by atoms with E-state index in [4.69, 9.17) is 0 Å². The number of amides is 1. The summed E-state index contributed by atoms with van der Waals surface area (Å²) in [6.07, 6.45) is 6.96. The van der Waals surface area contributed by atoms with Gasteiger partial charge in [0.05, 0.1) is 0 Å². The van der Waals surface area contributed by atoms with Crippen molar-refractivity contribution >= 4 is 5.91 Å². The molecule has 0 bridgehead atoms. The first kappa shape index (κ1) is 12.4. The fourth-order valence-electron chi connectivity index (χ4n) is 3.29. The minimum atomic E-state index is 0.272. The predicted octanol–water partition coefficient (Wildman–Crippen LogP) is 0.729. The van der Waals surface area contributed by atoms with Gasteiger partial charge in [-0.3, -0.25) is 4.79 Å². The van der Waals surface area contributed by atoms with Crippen molar-refractivity contribution in [3.05, 3.63) is 0 Å². The van der Waals surface area contributed by atoms with Crippen LogP contribution in [0.15, 0.2) is 0 Å². The van der Waals surface area contributed by atoms with Crippen molar-refractivity contribution in [3.63, 3.8) is 0 Å². The first-order valence-corrected chi connectivity index (χ1v) is 7.55. The average molecular weight is 251 g/mol. The SMILES string of the molecule is O=C(CC1CCNC1)NC1CCN(C2CC2)CC1. The van der Waals surface area contributed by atoms with Gasteiger partial charge in [-0.05, 0) is 51.1 Å². The Morgan fingerprint density at radius 1 is 1.17 bits per heavy atom. The summed E-state index contributed by atoms with van der Waals surface area (Å²) < 4.78 is 0. The lowest BCUT2D eigenvalue weighted by atomic mass is 10.0. The van der Waals surface area contributed by atoms with Crippen LogP contribution in [0.4, 0.5) is 0 Å². The highest BCUT2D eigenvalue weighted by atomic mass is 16.1. The summed E-state index contributed by atoms with van der Waals surface area (Å²) in [5.74, 6) is 0.838. The van der Waals surface area contributed by atoms with Crippen LogP contribution in [-0.2, 0) is 4.79 Å². The standard InChI is InChI=1S/C14H25N3O/c18-14(9-11-3-6-15-10-11)16-12-4-7-17(8-5-12)13-1-2-13/h11-13,15H,1-10H2,(H,16,18). The summed E-state index contributed by atoms with van der Waals surface area (Å²) in [6.45, 7) is 4.46. The number of rotatable bonds is 4. The van der Waals surface area contributed by atoms with Crippen molar-refractivity contribution < 1.29 is 4.79 Å². The van der Waals surface area contributed by atoms with Crippen LogP contribution in [-0.4, -0.2) is 49.1 Å². The minimum absolute atomic E-state index is 0.272. The average Bonchev–Trinajstić information content (AvgIpc) is 3.09. The van der Waals surface area contributed by atoms with Gasteiger partial charge in [-0.25, -0.2) is 0 Å². The second-order valence-electron chi connectivity index (χ2n) is 6.17. The highest BCUT2D eigenvalue weighted by molar-refractivity contribution is 5.76. The lowest BCUT2D eigenvalue weighted by Crippen LogP contribution is -2.45. The Balaban J connectivity index is 1.36. The summed E-state index contributed by atoms with van der Waals surface area (Å²) in [5, 5.41) is 6.55. The summed E-state index contributed by atoms with van der Waals surface area (Å²) in [5.41, 5.74) is 0. The third-order valence-electron chi connectivity index (χ3n) is 4.59. The summed E-state index contributed by atoms with van der Waals surface area (Å²) in [7, 11) is 0. The summed E-state index contributed by atoms with van der Waals surface area (Å²) in [6, 6.07) is 1.31. The summed E-state index contributed by atoms with van der Waals surface area (Å²) >= 11 is 0. The van der Waals surface area contributed by atoms with Gasteiger partial charge in [-0.1, -0.05) is 0 Å². The van der Waals surface area contributed by atoms with Crippen molar-refractivity contribution in [2.45, 2.75) is 50.6 Å². The molecule has 0 aromatic rings. The molecule has 2 saturated heterocycles. The lowest BCUT2D eigenvalue weighted by molar-refractivity contribution is -0.122. The molecule has 4 heteroatoms. The monoisotopic (exact) mass is 251 g/mol. The highest BCUT2D eigenvalue weighted by Crippen LogP contribution is 2.29. The van der Waals surface area contributed by atoms with Gasteiger partial charge in [0.25, 0.3) is 0 Å². The largest absolute Gasteiger partial charge is 0.353 e. The highest BCUT2D eigenvalue weighted by Gasteiger charge is 2.32. The summed E-state index contributed by atoms with van der Waals surface area (Å²) in [4.78, 5) is 14.5. The maximum Gasteiger partial charge on any atom is 0.220 e. The van der Waals surface area contributed by atoms with Gasteiger partial charge in [0.1, 0.15) is 0 Å². The van der Waals surface area contributed by atoms with Crippen LogP contribution in [0.25, 0.3) is 0 Å². The molecule has 1 saturated carbocycles. The number of nitrogens with zero attached hydrogens (tertiary/aromatic N) is 1. The van der Waals surface area contributed by atoms with Crippen molar-refractivity contribution in [3.8, 4) is 0 Å². The van der Waals surface area contributed by atoms with E-state index in [9.17, 15) is 4.79 Å². The van der Waals surface area contributed by atoms with Crippen molar-refractivity contribution in [2.75, 3.05) is 26.2 Å². The number of carbonyl (C=O) groups is 1. The molecule has 102 valence electrons. The molecule has 2 aliphatic heterocycles. The molecule has 2 N–H and O–H groups in total. The number of piperidine rings is 1. The van der Waals surface area contributed by atoms with Gasteiger partial charge >= 0.3 is 0 Å². The predicted molar refractivity (Wildman–Crippen MR) is 71.4 cm³/mol. The third kappa shape index (κ3) is 3.23. The molecule has 1 atom stereocenters. The van der Waals surface area contributed by atoms with E-state index in [1.165, 1.54) is 25.9 Å². The Bertz CT molecular complexity index is 289. The Hall–Kier alpha value is -0.610. The molecule has 1 amide bonds. The number of carbonyl (C=O) groups excluding carboxylic acids is 1. The van der Waals surface area contributed by atoms with Gasteiger partial charge in [0.2, 0.25) is 5.91 Å². The molecule has 0 aromatic heterocycles. The van der Waals surface area contributed by atoms with Crippen molar-refractivity contribution in [1.82, 2.24) is 15.5 Å². The van der Waals surface area contributed by atoms with Gasteiger partial charge < -0.3 is 15.5 Å². The van der Waals surface area contributed by atoms with E-state index in [0.29, 0.717) is 12.0 Å². The molecule has 1 unspecified atom stereocenters. The molecular weight excluding hydrogens is 226 g/mol. The van der Waals surface area contributed by atoms with Gasteiger partial charge in [-0.15, -0.1) is 0 Å². The first-order valence-electron chi connectivity index (χ1n) is 7.55. The molecule has 2 heterocycles. The normalized spacial score (nSPS) is 30.6. The molecule has 18 heavy (non-hydrogen) atoms. The Morgan fingerprint density at radius 3 is 2.56 bits per heavy atom. The topological polar surface area (TPSA) is 44.4 Å². The minimum Gasteiger partial charge on any atom is -0.353 e. The molecule has 0 spiro atoms. The van der Waals surface area contributed by atoms with E-state index in [1.807, 2.05) is 0 Å². The zero-order valence-electron chi connectivity index (χ0n) is 11.2. The zero-order chi connectivity index (χ0) is 12.4.